The molecule has 2 aromatic rings. The van der Waals surface area contributed by atoms with Crippen LogP contribution < -0.4 is 5.32 Å². The molecule has 2 nitrogen and oxygen atoms in total. The summed E-state index contributed by atoms with van der Waals surface area (Å²) in [4.78, 5) is 12.4. The van der Waals surface area contributed by atoms with Crippen molar-refractivity contribution in [1.82, 2.24) is 0 Å². The third kappa shape index (κ3) is 3.52. The van der Waals surface area contributed by atoms with E-state index in [0.29, 0.717) is 11.5 Å². The minimum Gasteiger partial charge on any atom is -0.321 e. The molecule has 0 radical (unpaired) electrons. The van der Waals surface area contributed by atoms with Crippen LogP contribution in [0.3, 0.4) is 0 Å². The Morgan fingerprint density at radius 3 is 2.33 bits per heavy atom. The second-order valence-corrected chi connectivity index (χ2v) is 5.69. The fourth-order valence-corrected chi connectivity index (χ4v) is 2.41. The Balaban J connectivity index is 2.22. The Morgan fingerprint density at radius 1 is 1.10 bits per heavy atom. The van der Waals surface area contributed by atoms with Gasteiger partial charge in [0, 0.05) is 11.3 Å². The van der Waals surface area contributed by atoms with E-state index in [1.54, 1.807) is 0 Å². The minimum absolute atomic E-state index is 0.0469. The van der Waals surface area contributed by atoms with Crippen LogP contribution in [0, 0.1) is 6.92 Å². The summed E-state index contributed by atoms with van der Waals surface area (Å²) in [5.41, 5.74) is 5.16. The number of carbonyl (C=O) groups excluding carboxylic acids is 1. The number of para-hydroxylation sites is 1. The van der Waals surface area contributed by atoms with Crippen LogP contribution in [0.25, 0.3) is 0 Å². The maximum absolute atomic E-state index is 12.4. The molecule has 0 heterocycles. The third-order valence-corrected chi connectivity index (χ3v) is 3.82. The second kappa shape index (κ2) is 6.57. The molecule has 0 saturated heterocycles. The van der Waals surface area contributed by atoms with E-state index in [-0.39, 0.29) is 5.91 Å². The van der Waals surface area contributed by atoms with Crippen molar-refractivity contribution in [2.45, 2.75) is 40.0 Å². The molecule has 21 heavy (non-hydrogen) atoms. The zero-order chi connectivity index (χ0) is 15.4. The second-order valence-electron chi connectivity index (χ2n) is 5.69. The predicted molar refractivity (Wildman–Crippen MR) is 89.0 cm³/mol. The van der Waals surface area contributed by atoms with Crippen LogP contribution in [0.1, 0.15) is 53.7 Å². The smallest absolute Gasteiger partial charge is 0.255 e. The standard InChI is InChI=1S/C19H23NO/c1-5-15-8-6-7-14(4)18(15)20-19(21)17-11-9-16(10-12-17)13(2)3/h6-13H,5H2,1-4H3,(H,20,21). The molecule has 2 rings (SSSR count). The first-order valence-corrected chi connectivity index (χ1v) is 7.52. The fourth-order valence-electron chi connectivity index (χ4n) is 2.41. The van der Waals surface area contributed by atoms with Crippen LogP contribution in [-0.4, -0.2) is 5.91 Å². The lowest BCUT2D eigenvalue weighted by molar-refractivity contribution is 0.102. The molecule has 0 unspecified atom stereocenters. The van der Waals surface area contributed by atoms with Gasteiger partial charge in [-0.25, -0.2) is 0 Å². The van der Waals surface area contributed by atoms with Gasteiger partial charge in [0.2, 0.25) is 0 Å². The van der Waals surface area contributed by atoms with E-state index in [4.69, 9.17) is 0 Å². The minimum atomic E-state index is -0.0469. The lowest BCUT2D eigenvalue weighted by Crippen LogP contribution is -2.14. The Hall–Kier alpha value is -2.09. The largest absolute Gasteiger partial charge is 0.321 e. The Bertz CT molecular complexity index is 627. The van der Waals surface area contributed by atoms with Gasteiger partial charge in [-0.2, -0.15) is 0 Å². The number of rotatable bonds is 4. The Morgan fingerprint density at radius 2 is 1.76 bits per heavy atom. The number of anilines is 1. The van der Waals surface area contributed by atoms with Crippen LogP contribution >= 0.6 is 0 Å². The zero-order valence-corrected chi connectivity index (χ0v) is 13.2. The molecule has 0 atom stereocenters. The molecule has 2 aromatic carbocycles. The Kier molecular flexibility index (Phi) is 4.79. The number of nitrogens with one attached hydrogen (secondary N) is 1. The highest BCUT2D eigenvalue weighted by molar-refractivity contribution is 6.05. The molecule has 2 heteroatoms. The van der Waals surface area contributed by atoms with Crippen LogP contribution in [0.5, 0.6) is 0 Å². The SMILES string of the molecule is CCc1cccc(C)c1NC(=O)c1ccc(C(C)C)cc1. The van der Waals surface area contributed by atoms with Gasteiger partial charge in [0.1, 0.15) is 0 Å². The molecule has 0 aliphatic heterocycles. The molecule has 0 fully saturated rings. The van der Waals surface area contributed by atoms with Crippen molar-refractivity contribution in [2.24, 2.45) is 0 Å². The van der Waals surface area contributed by atoms with Gasteiger partial charge in [0.25, 0.3) is 5.91 Å². The molecule has 0 aliphatic carbocycles. The molecule has 110 valence electrons. The topological polar surface area (TPSA) is 29.1 Å². The lowest BCUT2D eigenvalue weighted by Gasteiger charge is -2.13. The van der Waals surface area contributed by atoms with Crippen LogP contribution in [0.2, 0.25) is 0 Å². The molecule has 1 N–H and O–H groups in total. The number of hydrogen-bond donors (Lipinski definition) is 1. The first kappa shape index (κ1) is 15.3. The highest BCUT2D eigenvalue weighted by Crippen LogP contribution is 2.22. The van der Waals surface area contributed by atoms with Crippen molar-refractivity contribution in [2.75, 3.05) is 5.32 Å². The van der Waals surface area contributed by atoms with Gasteiger partial charge in [0.15, 0.2) is 0 Å². The van der Waals surface area contributed by atoms with E-state index >= 15 is 0 Å². The van der Waals surface area contributed by atoms with Crippen molar-refractivity contribution in [3.05, 3.63) is 64.7 Å². The van der Waals surface area contributed by atoms with E-state index in [1.165, 1.54) is 11.1 Å². The van der Waals surface area contributed by atoms with Crippen LogP contribution in [0.4, 0.5) is 5.69 Å². The zero-order valence-electron chi connectivity index (χ0n) is 13.2. The number of amides is 1. The van der Waals surface area contributed by atoms with Crippen molar-refractivity contribution in [3.63, 3.8) is 0 Å². The van der Waals surface area contributed by atoms with Crippen molar-refractivity contribution in [1.29, 1.82) is 0 Å². The highest BCUT2D eigenvalue weighted by atomic mass is 16.1. The summed E-state index contributed by atoms with van der Waals surface area (Å²) in [6, 6.07) is 14.0. The Labute approximate surface area is 127 Å². The number of benzene rings is 2. The van der Waals surface area contributed by atoms with Gasteiger partial charge in [-0.3, -0.25) is 4.79 Å². The summed E-state index contributed by atoms with van der Waals surface area (Å²) < 4.78 is 0. The summed E-state index contributed by atoms with van der Waals surface area (Å²) in [7, 11) is 0. The van der Waals surface area contributed by atoms with Gasteiger partial charge in [-0.15, -0.1) is 0 Å². The molecule has 0 aromatic heterocycles. The molecule has 0 bridgehead atoms. The van der Waals surface area contributed by atoms with E-state index in [2.05, 4.69) is 32.2 Å². The maximum atomic E-state index is 12.4. The number of carbonyl (C=O) groups is 1. The van der Waals surface area contributed by atoms with Gasteiger partial charge in [-0.1, -0.05) is 51.1 Å². The quantitative estimate of drug-likeness (QED) is 0.845. The lowest BCUT2D eigenvalue weighted by atomic mass is 10.0. The van der Waals surface area contributed by atoms with Crippen molar-refractivity contribution < 1.29 is 4.79 Å². The molecule has 1 amide bonds. The van der Waals surface area contributed by atoms with Gasteiger partial charge in [0.05, 0.1) is 0 Å². The summed E-state index contributed by atoms with van der Waals surface area (Å²) in [6.07, 6.45) is 0.906. The molecular formula is C19H23NO. The summed E-state index contributed by atoms with van der Waals surface area (Å²) in [5.74, 6) is 0.430. The molecule has 0 saturated carbocycles. The fraction of sp³-hybridized carbons (Fsp3) is 0.316. The monoisotopic (exact) mass is 281 g/mol. The summed E-state index contributed by atoms with van der Waals surface area (Å²) in [6.45, 7) is 8.42. The average Bonchev–Trinajstić information content (AvgIpc) is 2.49. The van der Waals surface area contributed by atoms with Gasteiger partial charge >= 0.3 is 0 Å². The highest BCUT2D eigenvalue weighted by Gasteiger charge is 2.11. The third-order valence-electron chi connectivity index (χ3n) is 3.82. The molecule has 0 spiro atoms. The maximum Gasteiger partial charge on any atom is 0.255 e. The van der Waals surface area contributed by atoms with E-state index in [0.717, 1.165) is 17.7 Å². The average molecular weight is 281 g/mol. The number of aryl methyl sites for hydroxylation is 2. The van der Waals surface area contributed by atoms with E-state index < -0.39 is 0 Å². The summed E-state index contributed by atoms with van der Waals surface area (Å²) in [5, 5.41) is 3.06. The molecule has 0 aliphatic rings. The first-order chi connectivity index (χ1) is 10.0. The van der Waals surface area contributed by atoms with Crippen molar-refractivity contribution >= 4 is 11.6 Å². The predicted octanol–water partition coefficient (Wildman–Crippen LogP) is 4.93. The van der Waals surface area contributed by atoms with E-state index in [9.17, 15) is 4.79 Å². The number of hydrogen-bond acceptors (Lipinski definition) is 1. The normalized spacial score (nSPS) is 10.7. The van der Waals surface area contributed by atoms with Gasteiger partial charge < -0.3 is 5.32 Å². The summed E-state index contributed by atoms with van der Waals surface area (Å²) >= 11 is 0. The molecular weight excluding hydrogens is 258 g/mol. The van der Waals surface area contributed by atoms with E-state index in [1.807, 2.05) is 43.3 Å². The first-order valence-electron chi connectivity index (χ1n) is 7.52. The van der Waals surface area contributed by atoms with Crippen LogP contribution in [0.15, 0.2) is 42.5 Å². The van der Waals surface area contributed by atoms with Crippen LogP contribution in [-0.2, 0) is 6.42 Å². The van der Waals surface area contributed by atoms with Crippen molar-refractivity contribution in [3.8, 4) is 0 Å². The van der Waals surface area contributed by atoms with Gasteiger partial charge in [-0.05, 0) is 48.1 Å².